The van der Waals surface area contributed by atoms with Crippen molar-refractivity contribution in [2.75, 3.05) is 33.9 Å². The summed E-state index contributed by atoms with van der Waals surface area (Å²) >= 11 is 0. The molecular formula is C21H30N2O5. The summed E-state index contributed by atoms with van der Waals surface area (Å²) in [5.41, 5.74) is 0.462. The number of carbonyl (C=O) groups excluding carboxylic acids is 2. The maximum Gasteiger partial charge on any atom is 0.254 e. The average molecular weight is 390 g/mol. The van der Waals surface area contributed by atoms with Gasteiger partial charge in [0, 0.05) is 24.8 Å². The summed E-state index contributed by atoms with van der Waals surface area (Å²) < 4.78 is 16.2. The molecule has 7 nitrogen and oxygen atoms in total. The summed E-state index contributed by atoms with van der Waals surface area (Å²) in [6, 6.07) is 5.28. The third kappa shape index (κ3) is 5.16. The number of hydrogen-bond donors (Lipinski definition) is 1. The Morgan fingerprint density at radius 2 is 1.86 bits per heavy atom. The molecule has 1 N–H and O–H groups in total. The molecule has 1 unspecified atom stereocenters. The van der Waals surface area contributed by atoms with Crippen molar-refractivity contribution >= 4 is 11.8 Å². The lowest BCUT2D eigenvalue weighted by Gasteiger charge is -2.26. The predicted octanol–water partition coefficient (Wildman–Crippen LogP) is 2.38. The molecule has 1 aromatic rings. The number of amides is 2. The molecule has 0 bridgehead atoms. The Balaban J connectivity index is 1.72. The van der Waals surface area contributed by atoms with E-state index in [-0.39, 0.29) is 30.5 Å². The van der Waals surface area contributed by atoms with E-state index in [1.807, 2.05) is 0 Å². The highest BCUT2D eigenvalue weighted by Crippen LogP contribution is 2.28. The number of carbonyl (C=O) groups is 2. The van der Waals surface area contributed by atoms with Crippen molar-refractivity contribution in [3.8, 4) is 11.5 Å². The molecule has 1 atom stereocenters. The fourth-order valence-corrected chi connectivity index (χ4v) is 3.92. The van der Waals surface area contributed by atoms with E-state index >= 15 is 0 Å². The fraction of sp³-hybridized carbons (Fsp3) is 0.619. The van der Waals surface area contributed by atoms with Gasteiger partial charge < -0.3 is 24.4 Å². The van der Waals surface area contributed by atoms with E-state index in [1.165, 1.54) is 7.11 Å². The molecule has 2 fully saturated rings. The normalized spacial score (nSPS) is 19.4. The zero-order valence-electron chi connectivity index (χ0n) is 16.7. The van der Waals surface area contributed by atoms with Gasteiger partial charge in [-0.1, -0.05) is 12.8 Å². The summed E-state index contributed by atoms with van der Waals surface area (Å²) in [5.74, 6) is 0.723. The molecule has 7 heteroatoms. The van der Waals surface area contributed by atoms with Crippen molar-refractivity contribution in [1.82, 2.24) is 10.2 Å². The summed E-state index contributed by atoms with van der Waals surface area (Å²) in [5, 5.41) is 3.06. The third-order valence-corrected chi connectivity index (χ3v) is 5.42. The molecule has 2 amide bonds. The maximum absolute atomic E-state index is 13.2. The second-order valence-corrected chi connectivity index (χ2v) is 7.44. The van der Waals surface area contributed by atoms with Gasteiger partial charge in [-0.25, -0.2) is 0 Å². The van der Waals surface area contributed by atoms with Gasteiger partial charge in [-0.3, -0.25) is 9.59 Å². The number of nitrogens with zero attached hydrogens (tertiary/aromatic N) is 1. The van der Waals surface area contributed by atoms with Crippen molar-refractivity contribution in [2.45, 2.75) is 50.7 Å². The van der Waals surface area contributed by atoms with Crippen LogP contribution in [-0.4, -0.2) is 62.8 Å². The van der Waals surface area contributed by atoms with Crippen LogP contribution < -0.4 is 14.8 Å². The Morgan fingerprint density at radius 1 is 1.11 bits per heavy atom. The summed E-state index contributed by atoms with van der Waals surface area (Å²) in [4.78, 5) is 27.3. The molecule has 0 spiro atoms. The van der Waals surface area contributed by atoms with E-state index in [9.17, 15) is 9.59 Å². The zero-order valence-corrected chi connectivity index (χ0v) is 16.7. The van der Waals surface area contributed by atoms with Crippen molar-refractivity contribution in [2.24, 2.45) is 0 Å². The van der Waals surface area contributed by atoms with Gasteiger partial charge in [-0.2, -0.15) is 0 Å². The van der Waals surface area contributed by atoms with Gasteiger partial charge in [-0.05, 0) is 43.9 Å². The van der Waals surface area contributed by atoms with Crippen molar-refractivity contribution < 1.29 is 23.8 Å². The maximum atomic E-state index is 13.2. The van der Waals surface area contributed by atoms with Crippen molar-refractivity contribution in [3.05, 3.63) is 23.8 Å². The largest absolute Gasteiger partial charge is 0.493 e. The zero-order chi connectivity index (χ0) is 19.9. The molecule has 154 valence electrons. The van der Waals surface area contributed by atoms with Gasteiger partial charge in [0.2, 0.25) is 5.91 Å². The lowest BCUT2D eigenvalue weighted by atomic mass is 10.1. The van der Waals surface area contributed by atoms with Crippen LogP contribution in [0.15, 0.2) is 18.2 Å². The van der Waals surface area contributed by atoms with Gasteiger partial charge in [0.05, 0.1) is 26.9 Å². The van der Waals surface area contributed by atoms with E-state index < -0.39 is 0 Å². The van der Waals surface area contributed by atoms with Crippen LogP contribution in [0.2, 0.25) is 0 Å². The highest BCUT2D eigenvalue weighted by molar-refractivity contribution is 5.97. The number of nitrogens with one attached hydrogen (secondary N) is 1. The van der Waals surface area contributed by atoms with Crippen molar-refractivity contribution in [1.29, 1.82) is 0 Å². The topological polar surface area (TPSA) is 77.1 Å². The van der Waals surface area contributed by atoms with Gasteiger partial charge in [-0.15, -0.1) is 0 Å². The van der Waals surface area contributed by atoms with E-state index in [0.29, 0.717) is 30.2 Å². The van der Waals surface area contributed by atoms with E-state index in [1.54, 1.807) is 30.2 Å². The van der Waals surface area contributed by atoms with E-state index in [0.717, 1.165) is 38.5 Å². The van der Waals surface area contributed by atoms with E-state index in [4.69, 9.17) is 14.2 Å². The quantitative estimate of drug-likeness (QED) is 0.738. The first-order valence-corrected chi connectivity index (χ1v) is 10.0. The minimum atomic E-state index is -0.210. The number of ether oxygens (including phenoxy) is 3. The van der Waals surface area contributed by atoms with Gasteiger partial charge in [0.1, 0.15) is 0 Å². The molecular weight excluding hydrogens is 360 g/mol. The number of methoxy groups -OCH3 is 2. The lowest BCUT2D eigenvalue weighted by molar-refractivity contribution is -0.122. The second kappa shape index (κ2) is 9.78. The predicted molar refractivity (Wildman–Crippen MR) is 105 cm³/mol. The first-order chi connectivity index (χ1) is 13.6. The highest BCUT2D eigenvalue weighted by Gasteiger charge is 2.27. The Labute approximate surface area is 166 Å². The standard InChI is InChI=1S/C21H30N2O5/c1-26-18-10-9-15(12-19(18)27-2)21(25)23(13-17-8-5-11-28-17)14-20(24)22-16-6-3-4-7-16/h9-10,12,16-17H,3-8,11,13-14H2,1-2H3,(H,22,24). The smallest absolute Gasteiger partial charge is 0.254 e. The SMILES string of the molecule is COc1ccc(C(=O)N(CC(=O)NC2CCCC2)CC2CCCO2)cc1OC. The lowest BCUT2D eigenvalue weighted by Crippen LogP contribution is -2.46. The monoisotopic (exact) mass is 390 g/mol. The number of hydrogen-bond acceptors (Lipinski definition) is 5. The van der Waals surface area contributed by atoms with Gasteiger partial charge >= 0.3 is 0 Å². The molecule has 1 aliphatic heterocycles. The molecule has 1 heterocycles. The number of rotatable bonds is 8. The minimum Gasteiger partial charge on any atom is -0.493 e. The van der Waals surface area contributed by atoms with Crippen LogP contribution in [0.4, 0.5) is 0 Å². The van der Waals surface area contributed by atoms with Crippen LogP contribution in [0.1, 0.15) is 48.9 Å². The fourth-order valence-electron chi connectivity index (χ4n) is 3.92. The minimum absolute atomic E-state index is 0.0247. The summed E-state index contributed by atoms with van der Waals surface area (Å²) in [6.07, 6.45) is 6.19. The molecule has 0 aromatic heterocycles. The molecule has 28 heavy (non-hydrogen) atoms. The number of benzene rings is 1. The van der Waals surface area contributed by atoms with Crippen LogP contribution in [0.25, 0.3) is 0 Å². The van der Waals surface area contributed by atoms with Gasteiger partial charge in [0.15, 0.2) is 11.5 Å². The molecule has 3 rings (SSSR count). The Bertz CT molecular complexity index is 681. The summed E-state index contributed by atoms with van der Waals surface area (Å²) in [6.45, 7) is 1.14. The van der Waals surface area contributed by atoms with Gasteiger partial charge in [0.25, 0.3) is 5.91 Å². The first kappa shape index (κ1) is 20.5. The van der Waals surface area contributed by atoms with Crippen LogP contribution >= 0.6 is 0 Å². The highest BCUT2D eigenvalue weighted by atomic mass is 16.5. The molecule has 1 saturated carbocycles. The second-order valence-electron chi connectivity index (χ2n) is 7.44. The molecule has 1 saturated heterocycles. The molecule has 1 aliphatic carbocycles. The third-order valence-electron chi connectivity index (χ3n) is 5.42. The Hall–Kier alpha value is -2.28. The van der Waals surface area contributed by atoms with Crippen LogP contribution in [0, 0.1) is 0 Å². The summed E-state index contributed by atoms with van der Waals surface area (Å²) in [7, 11) is 3.09. The van der Waals surface area contributed by atoms with E-state index in [2.05, 4.69) is 5.32 Å². The van der Waals surface area contributed by atoms with Crippen LogP contribution in [-0.2, 0) is 9.53 Å². The Kier molecular flexibility index (Phi) is 7.14. The van der Waals surface area contributed by atoms with Crippen molar-refractivity contribution in [3.63, 3.8) is 0 Å². The average Bonchev–Trinajstić information content (AvgIpc) is 3.40. The first-order valence-electron chi connectivity index (χ1n) is 10.0. The van der Waals surface area contributed by atoms with Crippen LogP contribution in [0.5, 0.6) is 11.5 Å². The molecule has 0 radical (unpaired) electrons. The molecule has 1 aromatic carbocycles. The Morgan fingerprint density at radius 3 is 2.50 bits per heavy atom. The molecule has 2 aliphatic rings. The van der Waals surface area contributed by atoms with Crippen LogP contribution in [0.3, 0.4) is 0 Å².